The Kier molecular flexibility index (Phi) is 22.0. The summed E-state index contributed by atoms with van der Waals surface area (Å²) >= 11 is 0. The first-order valence-corrected chi connectivity index (χ1v) is 9.65. The Hall–Kier alpha value is -0.570. The van der Waals surface area contributed by atoms with E-state index >= 15 is 0 Å². The van der Waals surface area contributed by atoms with Gasteiger partial charge in [-0.2, -0.15) is 0 Å². The molecule has 0 aliphatic rings. The van der Waals surface area contributed by atoms with Gasteiger partial charge in [0.1, 0.15) is 0 Å². The lowest BCUT2D eigenvalue weighted by Gasteiger charge is -2.16. The van der Waals surface area contributed by atoms with Crippen molar-refractivity contribution in [3.63, 3.8) is 0 Å². The maximum atomic E-state index is 10.0. The molecule has 0 radical (unpaired) electrons. The SMILES string of the molecule is CCCCCCCCCC(=O)[O-].CCC[NH+](CCC)CCC. The van der Waals surface area contributed by atoms with Gasteiger partial charge in [-0.25, -0.2) is 0 Å². The number of hydrogen-bond acceptors (Lipinski definition) is 2. The molecule has 3 nitrogen and oxygen atoms in total. The van der Waals surface area contributed by atoms with E-state index in [1.807, 2.05) is 0 Å². The maximum absolute atomic E-state index is 10.0. The number of hydrogen-bond donors (Lipinski definition) is 1. The normalized spacial score (nSPS) is 10.4. The molecule has 0 spiro atoms. The van der Waals surface area contributed by atoms with Crippen LogP contribution in [0, 0.1) is 0 Å². The van der Waals surface area contributed by atoms with Gasteiger partial charge in [0.25, 0.3) is 0 Å². The molecule has 22 heavy (non-hydrogen) atoms. The zero-order valence-electron chi connectivity index (χ0n) is 15.7. The Labute approximate surface area is 139 Å². The fourth-order valence-corrected chi connectivity index (χ4v) is 2.66. The summed E-state index contributed by atoms with van der Waals surface area (Å²) in [6.45, 7) is 13.1. The summed E-state index contributed by atoms with van der Waals surface area (Å²) in [5, 5.41) is 10.0. The molecule has 0 amide bonds. The highest BCUT2D eigenvalue weighted by Crippen LogP contribution is 2.07. The first-order chi connectivity index (χ1) is 10.6. The van der Waals surface area contributed by atoms with Crippen LogP contribution in [0.5, 0.6) is 0 Å². The monoisotopic (exact) mass is 315 g/mol. The van der Waals surface area contributed by atoms with Gasteiger partial charge >= 0.3 is 0 Å². The summed E-state index contributed by atoms with van der Waals surface area (Å²) in [5.74, 6) is -0.913. The van der Waals surface area contributed by atoms with Crippen molar-refractivity contribution in [3.8, 4) is 0 Å². The van der Waals surface area contributed by atoms with Crippen LogP contribution >= 0.6 is 0 Å². The standard InChI is InChI=1S/C10H20O2.C9H21N/c1-2-3-4-5-6-7-8-9-10(11)12;1-4-7-10(8-5-2)9-6-3/h2-9H2,1H3,(H,11,12);4-9H2,1-3H3. The molecule has 0 aromatic rings. The molecule has 0 aromatic heterocycles. The van der Waals surface area contributed by atoms with Crippen LogP contribution in [-0.2, 0) is 4.79 Å². The van der Waals surface area contributed by atoms with E-state index in [9.17, 15) is 9.90 Å². The second kappa shape index (κ2) is 20.4. The quantitative estimate of drug-likeness (QED) is 0.501. The zero-order valence-corrected chi connectivity index (χ0v) is 15.7. The van der Waals surface area contributed by atoms with Gasteiger partial charge in [0.05, 0.1) is 19.6 Å². The van der Waals surface area contributed by atoms with Crippen LogP contribution in [0.3, 0.4) is 0 Å². The highest BCUT2D eigenvalue weighted by Gasteiger charge is 2.02. The lowest BCUT2D eigenvalue weighted by molar-refractivity contribution is -0.900. The third-order valence-electron chi connectivity index (χ3n) is 3.80. The first-order valence-electron chi connectivity index (χ1n) is 9.65. The van der Waals surface area contributed by atoms with E-state index in [0.29, 0.717) is 0 Å². The number of rotatable bonds is 14. The average Bonchev–Trinajstić information content (AvgIpc) is 2.48. The number of carboxylic acids is 1. The van der Waals surface area contributed by atoms with Crippen LogP contribution in [0.25, 0.3) is 0 Å². The largest absolute Gasteiger partial charge is 0.550 e. The van der Waals surface area contributed by atoms with E-state index < -0.39 is 5.97 Å². The van der Waals surface area contributed by atoms with Gasteiger partial charge in [-0.3, -0.25) is 0 Å². The van der Waals surface area contributed by atoms with Gasteiger partial charge in [0, 0.05) is 5.97 Å². The molecular formula is C19H41NO2. The van der Waals surface area contributed by atoms with Gasteiger partial charge in [-0.05, 0) is 32.1 Å². The molecule has 0 saturated heterocycles. The minimum atomic E-state index is -0.913. The number of carbonyl (C=O) groups excluding carboxylic acids is 1. The number of carboxylic acid groups (broad SMARTS) is 1. The Morgan fingerprint density at radius 2 is 1.09 bits per heavy atom. The van der Waals surface area contributed by atoms with E-state index in [1.54, 1.807) is 4.90 Å². The van der Waals surface area contributed by atoms with Gasteiger partial charge < -0.3 is 14.8 Å². The molecule has 3 heteroatoms. The fourth-order valence-electron chi connectivity index (χ4n) is 2.66. The van der Waals surface area contributed by atoms with Crippen molar-refractivity contribution in [2.75, 3.05) is 19.6 Å². The average molecular weight is 316 g/mol. The van der Waals surface area contributed by atoms with Crippen molar-refractivity contribution in [2.45, 2.75) is 98.3 Å². The zero-order chi connectivity index (χ0) is 17.1. The van der Waals surface area contributed by atoms with E-state index in [4.69, 9.17) is 0 Å². The molecule has 0 aliphatic heterocycles. The summed E-state index contributed by atoms with van der Waals surface area (Å²) in [7, 11) is 0. The Balaban J connectivity index is 0. The highest BCUT2D eigenvalue weighted by atomic mass is 16.4. The third-order valence-corrected chi connectivity index (χ3v) is 3.80. The van der Waals surface area contributed by atoms with E-state index in [-0.39, 0.29) is 6.42 Å². The van der Waals surface area contributed by atoms with Gasteiger partial charge in [0.2, 0.25) is 0 Å². The van der Waals surface area contributed by atoms with Crippen LogP contribution in [0.2, 0.25) is 0 Å². The lowest BCUT2D eigenvalue weighted by atomic mass is 10.1. The maximum Gasteiger partial charge on any atom is 0.0768 e. The molecule has 0 heterocycles. The fraction of sp³-hybridized carbons (Fsp3) is 0.947. The molecule has 0 saturated carbocycles. The molecule has 134 valence electrons. The Morgan fingerprint density at radius 1 is 0.682 bits per heavy atom. The van der Waals surface area contributed by atoms with Gasteiger partial charge in [0.15, 0.2) is 0 Å². The minimum Gasteiger partial charge on any atom is -0.550 e. The van der Waals surface area contributed by atoms with Crippen LogP contribution in [0.4, 0.5) is 0 Å². The summed E-state index contributed by atoms with van der Waals surface area (Å²) in [6, 6.07) is 0. The van der Waals surface area contributed by atoms with Gasteiger partial charge in [-0.15, -0.1) is 0 Å². The van der Waals surface area contributed by atoms with E-state index in [0.717, 1.165) is 12.8 Å². The molecule has 0 rings (SSSR count). The van der Waals surface area contributed by atoms with E-state index in [2.05, 4.69) is 27.7 Å². The molecule has 1 N–H and O–H groups in total. The van der Waals surface area contributed by atoms with Crippen molar-refractivity contribution in [3.05, 3.63) is 0 Å². The van der Waals surface area contributed by atoms with Crippen LogP contribution < -0.4 is 10.0 Å². The number of quaternary nitrogens is 1. The van der Waals surface area contributed by atoms with Crippen molar-refractivity contribution in [1.82, 2.24) is 0 Å². The van der Waals surface area contributed by atoms with Crippen molar-refractivity contribution in [2.24, 2.45) is 0 Å². The molecule has 0 unspecified atom stereocenters. The van der Waals surface area contributed by atoms with Crippen molar-refractivity contribution < 1.29 is 14.8 Å². The molecule has 0 aliphatic carbocycles. The third kappa shape index (κ3) is 21.7. The number of carbonyl (C=O) groups is 1. The predicted molar refractivity (Wildman–Crippen MR) is 94.1 cm³/mol. The summed E-state index contributed by atoms with van der Waals surface area (Å²) < 4.78 is 0. The first kappa shape index (κ1) is 23.7. The van der Waals surface area contributed by atoms with Crippen molar-refractivity contribution in [1.29, 1.82) is 0 Å². The summed E-state index contributed by atoms with van der Waals surface area (Å²) in [4.78, 5) is 11.8. The summed E-state index contributed by atoms with van der Waals surface area (Å²) in [5.41, 5.74) is 0. The number of unbranched alkanes of at least 4 members (excludes halogenated alkanes) is 6. The Bertz CT molecular complexity index is 205. The Morgan fingerprint density at radius 3 is 1.45 bits per heavy atom. The molecule has 0 atom stereocenters. The summed E-state index contributed by atoms with van der Waals surface area (Å²) in [6.07, 6.45) is 12.3. The van der Waals surface area contributed by atoms with Crippen LogP contribution in [-0.4, -0.2) is 25.6 Å². The smallest absolute Gasteiger partial charge is 0.0768 e. The van der Waals surface area contributed by atoms with Crippen LogP contribution in [0.1, 0.15) is 98.3 Å². The second-order valence-corrected chi connectivity index (χ2v) is 6.24. The van der Waals surface area contributed by atoms with E-state index in [1.165, 1.54) is 71.0 Å². The number of aliphatic carboxylic acids is 1. The van der Waals surface area contributed by atoms with Crippen molar-refractivity contribution >= 4 is 5.97 Å². The van der Waals surface area contributed by atoms with Gasteiger partial charge in [-0.1, -0.05) is 66.2 Å². The molecule has 0 aromatic carbocycles. The number of nitrogens with one attached hydrogen (secondary N) is 1. The second-order valence-electron chi connectivity index (χ2n) is 6.24. The molecule has 0 fully saturated rings. The molecular weight excluding hydrogens is 274 g/mol. The minimum absolute atomic E-state index is 0.230. The predicted octanol–water partition coefficient (Wildman–Crippen LogP) is 2.98. The molecule has 0 bridgehead atoms. The topological polar surface area (TPSA) is 44.6 Å². The highest BCUT2D eigenvalue weighted by molar-refractivity contribution is 5.63. The lowest BCUT2D eigenvalue weighted by Crippen LogP contribution is -3.11. The van der Waals surface area contributed by atoms with Crippen LogP contribution in [0.15, 0.2) is 0 Å².